The number of ether oxygens (including phenoxy) is 2. The largest absolute Gasteiger partial charge is 0.484 e. The van der Waals surface area contributed by atoms with Crippen LogP contribution in [0.15, 0.2) is 6.07 Å². The van der Waals surface area contributed by atoms with Crippen LogP contribution in [0.3, 0.4) is 0 Å². The van der Waals surface area contributed by atoms with E-state index in [4.69, 9.17) is 15.2 Å². The van der Waals surface area contributed by atoms with Crippen LogP contribution in [-0.4, -0.2) is 23.4 Å². The van der Waals surface area contributed by atoms with Crippen LogP contribution in [0.5, 0.6) is 11.6 Å². The van der Waals surface area contributed by atoms with E-state index in [-0.39, 0.29) is 0 Å². The molecule has 64 valence electrons. The SMILES string of the molecule is NCc1cc2c(nn1)OCCO2. The average molecular weight is 167 g/mol. The highest BCUT2D eigenvalue weighted by Gasteiger charge is 2.13. The Hall–Kier alpha value is -1.36. The summed E-state index contributed by atoms with van der Waals surface area (Å²) in [6, 6.07) is 1.75. The quantitative estimate of drug-likeness (QED) is 0.622. The maximum atomic E-state index is 5.38. The van der Waals surface area contributed by atoms with E-state index in [0.29, 0.717) is 37.1 Å². The van der Waals surface area contributed by atoms with Crippen molar-refractivity contribution in [1.82, 2.24) is 10.2 Å². The third-order valence-electron chi connectivity index (χ3n) is 1.57. The molecule has 0 aromatic carbocycles. The molecular formula is C7H9N3O2. The highest BCUT2D eigenvalue weighted by Crippen LogP contribution is 2.26. The fourth-order valence-corrected chi connectivity index (χ4v) is 0.994. The molecule has 0 bridgehead atoms. The molecule has 1 aromatic heterocycles. The van der Waals surface area contributed by atoms with Crippen molar-refractivity contribution in [3.05, 3.63) is 11.8 Å². The lowest BCUT2D eigenvalue weighted by Gasteiger charge is -2.16. The van der Waals surface area contributed by atoms with Gasteiger partial charge in [-0.2, -0.15) is 5.10 Å². The van der Waals surface area contributed by atoms with Gasteiger partial charge >= 0.3 is 0 Å². The molecule has 5 nitrogen and oxygen atoms in total. The van der Waals surface area contributed by atoms with Gasteiger partial charge in [-0.3, -0.25) is 0 Å². The first-order chi connectivity index (χ1) is 5.90. The first-order valence-electron chi connectivity index (χ1n) is 3.72. The normalized spacial score (nSPS) is 14.4. The Bertz CT molecular complexity index is 290. The van der Waals surface area contributed by atoms with E-state index in [1.807, 2.05) is 0 Å². The molecular weight excluding hydrogens is 158 g/mol. The van der Waals surface area contributed by atoms with Gasteiger partial charge in [0.1, 0.15) is 13.2 Å². The Labute approximate surface area is 69.5 Å². The van der Waals surface area contributed by atoms with Crippen molar-refractivity contribution in [3.63, 3.8) is 0 Å². The average Bonchev–Trinajstić information content (AvgIpc) is 2.17. The second-order valence-corrected chi connectivity index (χ2v) is 2.41. The zero-order valence-corrected chi connectivity index (χ0v) is 6.49. The Kier molecular flexibility index (Phi) is 1.79. The van der Waals surface area contributed by atoms with Crippen LogP contribution in [0.25, 0.3) is 0 Å². The Morgan fingerprint density at radius 3 is 3.00 bits per heavy atom. The molecule has 12 heavy (non-hydrogen) atoms. The molecule has 0 unspecified atom stereocenters. The minimum Gasteiger partial charge on any atom is -0.484 e. The number of fused-ring (bicyclic) bond motifs is 1. The Morgan fingerprint density at radius 2 is 2.17 bits per heavy atom. The molecule has 1 aliphatic heterocycles. The summed E-state index contributed by atoms with van der Waals surface area (Å²) in [5.74, 6) is 1.09. The lowest BCUT2D eigenvalue weighted by Crippen LogP contribution is -2.17. The summed E-state index contributed by atoms with van der Waals surface area (Å²) in [6.45, 7) is 1.45. The van der Waals surface area contributed by atoms with Crippen LogP contribution in [0.4, 0.5) is 0 Å². The molecule has 0 spiro atoms. The Balaban J connectivity index is 2.36. The summed E-state index contributed by atoms with van der Waals surface area (Å²) >= 11 is 0. The van der Waals surface area contributed by atoms with Gasteiger partial charge in [-0.1, -0.05) is 0 Å². The van der Waals surface area contributed by atoms with E-state index in [9.17, 15) is 0 Å². The van der Waals surface area contributed by atoms with Crippen LogP contribution in [-0.2, 0) is 6.54 Å². The highest BCUT2D eigenvalue weighted by molar-refractivity contribution is 5.34. The van der Waals surface area contributed by atoms with E-state index >= 15 is 0 Å². The third kappa shape index (κ3) is 1.18. The minimum atomic E-state index is 0.365. The maximum absolute atomic E-state index is 5.38. The standard InChI is InChI=1S/C7H9N3O2/c8-4-5-3-6-7(10-9-5)12-2-1-11-6/h3H,1-2,4,8H2. The molecule has 2 N–H and O–H groups in total. The molecule has 1 aliphatic rings. The van der Waals surface area contributed by atoms with Crippen molar-refractivity contribution in [2.24, 2.45) is 5.73 Å². The predicted molar refractivity (Wildman–Crippen MR) is 40.9 cm³/mol. The van der Waals surface area contributed by atoms with Gasteiger partial charge in [0, 0.05) is 12.6 Å². The molecule has 0 fully saturated rings. The molecule has 0 saturated carbocycles. The second kappa shape index (κ2) is 2.94. The number of hydrogen-bond acceptors (Lipinski definition) is 5. The molecule has 5 heteroatoms. The van der Waals surface area contributed by atoms with Gasteiger partial charge in [-0.15, -0.1) is 5.10 Å². The van der Waals surface area contributed by atoms with Crippen LogP contribution in [0.1, 0.15) is 5.69 Å². The van der Waals surface area contributed by atoms with Crippen molar-refractivity contribution in [1.29, 1.82) is 0 Å². The smallest absolute Gasteiger partial charge is 0.276 e. The first kappa shape index (κ1) is 7.30. The zero-order chi connectivity index (χ0) is 8.39. The number of hydrogen-bond donors (Lipinski definition) is 1. The summed E-state index contributed by atoms with van der Waals surface area (Å²) in [5.41, 5.74) is 6.09. The summed E-state index contributed by atoms with van der Waals surface area (Å²) in [5, 5.41) is 7.64. The highest BCUT2D eigenvalue weighted by atomic mass is 16.6. The topological polar surface area (TPSA) is 70.3 Å². The summed E-state index contributed by atoms with van der Waals surface area (Å²) in [6.07, 6.45) is 0. The molecule has 2 rings (SSSR count). The molecule has 0 aliphatic carbocycles. The van der Waals surface area contributed by atoms with E-state index in [1.54, 1.807) is 6.07 Å². The predicted octanol–water partition coefficient (Wildman–Crippen LogP) is -0.294. The van der Waals surface area contributed by atoms with Crippen molar-refractivity contribution >= 4 is 0 Å². The van der Waals surface area contributed by atoms with Crippen LogP contribution < -0.4 is 15.2 Å². The number of aromatic nitrogens is 2. The summed E-state index contributed by atoms with van der Waals surface area (Å²) < 4.78 is 10.5. The van der Waals surface area contributed by atoms with Gasteiger partial charge in [-0.05, 0) is 0 Å². The van der Waals surface area contributed by atoms with E-state index in [2.05, 4.69) is 10.2 Å². The lowest BCUT2D eigenvalue weighted by atomic mass is 10.3. The molecule has 0 atom stereocenters. The van der Waals surface area contributed by atoms with Crippen molar-refractivity contribution < 1.29 is 9.47 Å². The number of nitrogens with zero attached hydrogens (tertiary/aromatic N) is 2. The summed E-state index contributed by atoms with van der Waals surface area (Å²) in [7, 11) is 0. The molecule has 0 radical (unpaired) electrons. The Morgan fingerprint density at radius 1 is 1.33 bits per heavy atom. The van der Waals surface area contributed by atoms with E-state index in [0.717, 1.165) is 0 Å². The minimum absolute atomic E-state index is 0.365. The van der Waals surface area contributed by atoms with E-state index in [1.165, 1.54) is 0 Å². The van der Waals surface area contributed by atoms with Crippen LogP contribution >= 0.6 is 0 Å². The lowest BCUT2D eigenvalue weighted by molar-refractivity contribution is 0.162. The number of nitrogens with two attached hydrogens (primary N) is 1. The number of rotatable bonds is 1. The van der Waals surface area contributed by atoms with Crippen molar-refractivity contribution in [3.8, 4) is 11.6 Å². The van der Waals surface area contributed by atoms with Crippen LogP contribution in [0.2, 0.25) is 0 Å². The molecule has 0 saturated heterocycles. The summed E-state index contributed by atoms with van der Waals surface area (Å²) in [4.78, 5) is 0. The fraction of sp³-hybridized carbons (Fsp3) is 0.429. The van der Waals surface area contributed by atoms with Crippen molar-refractivity contribution in [2.45, 2.75) is 6.54 Å². The van der Waals surface area contributed by atoms with Gasteiger partial charge in [0.25, 0.3) is 5.88 Å². The van der Waals surface area contributed by atoms with Crippen molar-refractivity contribution in [2.75, 3.05) is 13.2 Å². The zero-order valence-electron chi connectivity index (χ0n) is 6.49. The van der Waals surface area contributed by atoms with Gasteiger partial charge in [0.15, 0.2) is 5.75 Å². The van der Waals surface area contributed by atoms with E-state index < -0.39 is 0 Å². The fourth-order valence-electron chi connectivity index (χ4n) is 0.994. The molecule has 2 heterocycles. The van der Waals surface area contributed by atoms with Gasteiger partial charge in [0.05, 0.1) is 5.69 Å². The molecule has 1 aromatic rings. The van der Waals surface area contributed by atoms with Crippen LogP contribution in [0, 0.1) is 0 Å². The first-order valence-corrected chi connectivity index (χ1v) is 3.72. The second-order valence-electron chi connectivity index (χ2n) is 2.41. The third-order valence-corrected chi connectivity index (χ3v) is 1.57. The van der Waals surface area contributed by atoms with Gasteiger partial charge in [-0.25, -0.2) is 0 Å². The molecule has 0 amide bonds. The van der Waals surface area contributed by atoms with Gasteiger partial charge in [0.2, 0.25) is 0 Å². The monoisotopic (exact) mass is 167 g/mol. The van der Waals surface area contributed by atoms with Gasteiger partial charge < -0.3 is 15.2 Å². The maximum Gasteiger partial charge on any atom is 0.276 e.